The first-order valence-electron chi connectivity index (χ1n) is 16.3. The molecule has 48 heavy (non-hydrogen) atoms. The lowest BCUT2D eigenvalue weighted by molar-refractivity contribution is -0.0929. The molecule has 5 atom stereocenters. The van der Waals surface area contributed by atoms with Crippen molar-refractivity contribution in [2.75, 3.05) is 14.2 Å². The standard InChI is InChI=1S/C37H46N2O7SSi/c1-7-8-22-48(5,6)46-33(32-30(40)31(41)35(45-32)39-23-24(2)34(42)38-36(39)47)37(25-12-10-9-11-13-25,26-14-18-28(43-3)19-15-26)27-16-20-29(44-4)21-17-27/h9-21,23,30-33,35,40-41H,7-8,22H2,1-6H3,(H,38,42,47)/t30-,31+,32-,33?,35+/m0/s1. The summed E-state index contributed by atoms with van der Waals surface area (Å²) in [5.74, 6) is 1.39. The third-order valence-electron chi connectivity index (χ3n) is 9.32. The molecule has 1 aliphatic rings. The van der Waals surface area contributed by atoms with Gasteiger partial charge >= 0.3 is 0 Å². The van der Waals surface area contributed by atoms with Gasteiger partial charge in [0.25, 0.3) is 5.56 Å². The molecule has 1 aromatic heterocycles. The van der Waals surface area contributed by atoms with Crippen molar-refractivity contribution in [2.24, 2.45) is 0 Å². The van der Waals surface area contributed by atoms with Crippen LogP contribution in [0.1, 0.15) is 48.2 Å². The zero-order valence-electron chi connectivity index (χ0n) is 28.4. The molecule has 0 spiro atoms. The number of methoxy groups -OCH3 is 2. The molecule has 1 fully saturated rings. The number of aliphatic hydroxyl groups excluding tert-OH is 2. The molecule has 0 saturated carbocycles. The van der Waals surface area contributed by atoms with E-state index in [-0.39, 0.29) is 10.3 Å². The Morgan fingerprint density at radius 1 is 0.917 bits per heavy atom. The average molecular weight is 691 g/mol. The van der Waals surface area contributed by atoms with Crippen molar-refractivity contribution in [3.8, 4) is 11.5 Å². The van der Waals surface area contributed by atoms with Crippen molar-refractivity contribution in [2.45, 2.75) is 81.9 Å². The molecule has 2 heterocycles. The minimum absolute atomic E-state index is 0.0808. The van der Waals surface area contributed by atoms with E-state index in [0.29, 0.717) is 17.1 Å². The highest BCUT2D eigenvalue weighted by Crippen LogP contribution is 2.49. The van der Waals surface area contributed by atoms with Crippen LogP contribution < -0.4 is 15.0 Å². The maximum Gasteiger partial charge on any atom is 0.254 e. The molecule has 0 bridgehead atoms. The van der Waals surface area contributed by atoms with Gasteiger partial charge in [-0.05, 0) is 79.2 Å². The van der Waals surface area contributed by atoms with Gasteiger partial charge in [0.05, 0.1) is 25.7 Å². The second-order valence-electron chi connectivity index (χ2n) is 13.0. The number of unbranched alkanes of at least 4 members (excludes halogenated alkanes) is 1. The minimum atomic E-state index is -2.48. The maximum absolute atomic E-state index is 12.3. The topological polar surface area (TPSA) is 115 Å². The average Bonchev–Trinajstić information content (AvgIpc) is 3.39. The van der Waals surface area contributed by atoms with E-state index < -0.39 is 44.4 Å². The molecule has 256 valence electrons. The number of nitrogens with one attached hydrogen (secondary N) is 1. The molecule has 9 nitrogen and oxygen atoms in total. The number of aliphatic hydroxyl groups is 2. The van der Waals surface area contributed by atoms with Gasteiger partial charge in [0, 0.05) is 11.8 Å². The Labute approximate surface area is 288 Å². The van der Waals surface area contributed by atoms with Crippen LogP contribution in [-0.4, -0.2) is 66.7 Å². The summed E-state index contributed by atoms with van der Waals surface area (Å²) in [7, 11) is 0.783. The summed E-state index contributed by atoms with van der Waals surface area (Å²) in [5.41, 5.74) is 1.70. The second-order valence-corrected chi connectivity index (χ2v) is 17.6. The van der Waals surface area contributed by atoms with Crippen LogP contribution in [0.25, 0.3) is 0 Å². The Bertz CT molecular complexity index is 1730. The SMILES string of the molecule is CCCC[Si](C)(C)OC([C@H]1O[C@@H](n2cc(C)c(=O)[nH]c2=S)[C@H](O)[C@@H]1O)C(c1ccccc1)(c1ccc(OC)cc1)c1ccc(OC)cc1. The Morgan fingerprint density at radius 3 is 1.98 bits per heavy atom. The predicted molar refractivity (Wildman–Crippen MR) is 191 cm³/mol. The quantitative estimate of drug-likeness (QED) is 0.0854. The van der Waals surface area contributed by atoms with E-state index in [1.807, 2.05) is 66.7 Å². The van der Waals surface area contributed by atoms with Gasteiger partial charge in [-0.15, -0.1) is 0 Å². The van der Waals surface area contributed by atoms with Crippen molar-refractivity contribution >= 4 is 20.5 Å². The lowest BCUT2D eigenvalue weighted by Gasteiger charge is -2.48. The summed E-state index contributed by atoms with van der Waals surface area (Å²) >= 11 is 5.50. The Kier molecular flexibility index (Phi) is 11.1. The third-order valence-corrected chi connectivity index (χ3v) is 12.1. The van der Waals surface area contributed by atoms with Gasteiger partial charge in [-0.25, -0.2) is 0 Å². The largest absolute Gasteiger partial charge is 0.497 e. The molecule has 4 aromatic rings. The maximum atomic E-state index is 12.3. The number of nitrogens with zero attached hydrogens (tertiary/aromatic N) is 1. The lowest BCUT2D eigenvalue weighted by atomic mass is 9.64. The number of hydrogen-bond donors (Lipinski definition) is 3. The van der Waals surface area contributed by atoms with Crippen LogP contribution in [0.15, 0.2) is 89.9 Å². The first-order valence-corrected chi connectivity index (χ1v) is 19.8. The van der Waals surface area contributed by atoms with Crippen LogP contribution in [0.2, 0.25) is 19.1 Å². The molecule has 0 aliphatic carbocycles. The van der Waals surface area contributed by atoms with Crippen LogP contribution in [0.5, 0.6) is 11.5 Å². The van der Waals surface area contributed by atoms with E-state index in [2.05, 4.69) is 37.1 Å². The summed E-state index contributed by atoms with van der Waals surface area (Å²) in [5, 5.41) is 23.7. The highest BCUT2D eigenvalue weighted by molar-refractivity contribution is 7.71. The summed E-state index contributed by atoms with van der Waals surface area (Å²) < 4.78 is 26.9. The second kappa shape index (κ2) is 14.9. The zero-order valence-corrected chi connectivity index (χ0v) is 30.2. The molecule has 0 radical (unpaired) electrons. The van der Waals surface area contributed by atoms with E-state index in [1.165, 1.54) is 4.57 Å². The number of H-pyrrole nitrogens is 1. The van der Waals surface area contributed by atoms with Crippen LogP contribution in [0.4, 0.5) is 0 Å². The fraction of sp³-hybridized carbons (Fsp3) is 0.405. The normalized spacial score (nSPS) is 20.4. The summed E-state index contributed by atoms with van der Waals surface area (Å²) in [6, 6.07) is 26.7. The number of benzene rings is 3. The molecule has 11 heteroatoms. The molecule has 0 amide bonds. The van der Waals surface area contributed by atoms with E-state index >= 15 is 0 Å². The van der Waals surface area contributed by atoms with E-state index in [9.17, 15) is 15.0 Å². The van der Waals surface area contributed by atoms with E-state index in [0.717, 1.165) is 35.6 Å². The Morgan fingerprint density at radius 2 is 1.46 bits per heavy atom. The van der Waals surface area contributed by atoms with Crippen molar-refractivity contribution in [1.29, 1.82) is 0 Å². The highest BCUT2D eigenvalue weighted by atomic mass is 32.1. The smallest absolute Gasteiger partial charge is 0.254 e. The van der Waals surface area contributed by atoms with Gasteiger partial charge in [0.2, 0.25) is 0 Å². The summed E-state index contributed by atoms with van der Waals surface area (Å²) in [4.78, 5) is 15.0. The fourth-order valence-corrected chi connectivity index (χ4v) is 9.32. The van der Waals surface area contributed by atoms with Crippen molar-refractivity contribution in [3.63, 3.8) is 0 Å². The third kappa shape index (κ3) is 6.94. The summed E-state index contributed by atoms with van der Waals surface area (Å²) in [6.45, 7) is 8.18. The van der Waals surface area contributed by atoms with Gasteiger partial charge < -0.3 is 28.8 Å². The summed E-state index contributed by atoms with van der Waals surface area (Å²) in [6.07, 6.45) is -2.15. The molecular weight excluding hydrogens is 645 g/mol. The first-order chi connectivity index (χ1) is 23.0. The van der Waals surface area contributed by atoms with Gasteiger partial charge in [-0.3, -0.25) is 14.3 Å². The zero-order chi connectivity index (χ0) is 34.6. The van der Waals surface area contributed by atoms with Crippen LogP contribution in [-0.2, 0) is 14.6 Å². The van der Waals surface area contributed by atoms with E-state index in [4.69, 9.17) is 30.9 Å². The predicted octanol–water partition coefficient (Wildman–Crippen LogP) is 6.28. The fourth-order valence-electron chi connectivity index (χ4n) is 6.75. The lowest BCUT2D eigenvalue weighted by Crippen LogP contribution is -2.57. The minimum Gasteiger partial charge on any atom is -0.497 e. The monoisotopic (exact) mass is 690 g/mol. The van der Waals surface area contributed by atoms with Crippen molar-refractivity contribution in [1.82, 2.24) is 9.55 Å². The Balaban J connectivity index is 1.81. The van der Waals surface area contributed by atoms with Crippen LogP contribution in [0, 0.1) is 11.7 Å². The van der Waals surface area contributed by atoms with Gasteiger partial charge in [-0.1, -0.05) is 74.4 Å². The molecular formula is C37H46N2O7SSi. The van der Waals surface area contributed by atoms with Gasteiger partial charge in [0.1, 0.15) is 29.8 Å². The van der Waals surface area contributed by atoms with Crippen molar-refractivity contribution < 1.29 is 28.8 Å². The number of rotatable bonds is 13. The van der Waals surface area contributed by atoms with Crippen LogP contribution in [0.3, 0.4) is 0 Å². The highest BCUT2D eigenvalue weighted by Gasteiger charge is 2.57. The van der Waals surface area contributed by atoms with Gasteiger partial charge in [-0.2, -0.15) is 0 Å². The van der Waals surface area contributed by atoms with Gasteiger partial charge in [0.15, 0.2) is 19.3 Å². The number of ether oxygens (including phenoxy) is 3. The van der Waals surface area contributed by atoms with E-state index in [1.54, 1.807) is 27.3 Å². The number of hydrogen-bond acceptors (Lipinski definition) is 8. The first kappa shape index (κ1) is 35.7. The number of aromatic amines is 1. The number of aromatic nitrogens is 2. The molecule has 1 unspecified atom stereocenters. The number of aryl methyl sites for hydroxylation is 1. The molecule has 3 N–H and O–H groups in total. The molecule has 5 rings (SSSR count). The van der Waals surface area contributed by atoms with Crippen molar-refractivity contribution in [3.05, 3.63) is 122 Å². The molecule has 1 aliphatic heterocycles. The van der Waals surface area contributed by atoms with Crippen LogP contribution >= 0.6 is 12.2 Å². The molecule has 3 aromatic carbocycles. The molecule has 1 saturated heterocycles. The Hall–Kier alpha value is -3.58.